The molecule has 15 heavy (non-hydrogen) atoms. The van der Waals surface area contributed by atoms with Gasteiger partial charge in [0, 0.05) is 15.6 Å². The Morgan fingerprint density at radius 3 is 2.73 bits per heavy atom. The Kier molecular flexibility index (Phi) is 2.82. The van der Waals surface area contributed by atoms with E-state index in [2.05, 4.69) is 45.0 Å². The minimum Gasteiger partial charge on any atom is -0.330 e. The molecule has 2 rings (SSSR count). The first-order valence-corrected chi connectivity index (χ1v) is 6.36. The van der Waals surface area contributed by atoms with E-state index in [0.717, 1.165) is 6.54 Å². The van der Waals surface area contributed by atoms with Gasteiger partial charge in [-0.15, -0.1) is 11.8 Å². The van der Waals surface area contributed by atoms with E-state index < -0.39 is 0 Å². The number of hydrogen-bond donors (Lipinski definition) is 1. The minimum atomic E-state index is 0.280. The second kappa shape index (κ2) is 3.84. The molecule has 82 valence electrons. The third-order valence-corrected chi connectivity index (χ3v) is 4.69. The van der Waals surface area contributed by atoms with Crippen LogP contribution in [0.25, 0.3) is 0 Å². The molecular formula is C13H19NS. The van der Waals surface area contributed by atoms with Gasteiger partial charge >= 0.3 is 0 Å². The number of hydrogen-bond acceptors (Lipinski definition) is 2. The summed E-state index contributed by atoms with van der Waals surface area (Å²) in [6, 6.07) is 8.74. The van der Waals surface area contributed by atoms with Gasteiger partial charge in [0.15, 0.2) is 0 Å². The molecule has 1 aliphatic rings. The van der Waals surface area contributed by atoms with Crippen LogP contribution < -0.4 is 5.73 Å². The normalized spacial score (nSPS) is 24.9. The van der Waals surface area contributed by atoms with Crippen molar-refractivity contribution in [1.82, 2.24) is 0 Å². The predicted molar refractivity (Wildman–Crippen MR) is 67.3 cm³/mol. The first-order chi connectivity index (χ1) is 7.06. The van der Waals surface area contributed by atoms with Crippen LogP contribution >= 0.6 is 11.8 Å². The Hall–Kier alpha value is -0.470. The van der Waals surface area contributed by atoms with Crippen LogP contribution in [0.15, 0.2) is 29.2 Å². The molecule has 0 spiro atoms. The van der Waals surface area contributed by atoms with Crippen molar-refractivity contribution < 1.29 is 0 Å². The van der Waals surface area contributed by atoms with Gasteiger partial charge in [-0.05, 0) is 37.9 Å². The molecule has 0 saturated heterocycles. The Morgan fingerprint density at radius 1 is 1.40 bits per heavy atom. The van der Waals surface area contributed by atoms with Gasteiger partial charge < -0.3 is 5.73 Å². The highest BCUT2D eigenvalue weighted by Gasteiger charge is 2.41. The van der Waals surface area contributed by atoms with Gasteiger partial charge in [-0.1, -0.05) is 25.1 Å². The molecule has 0 bridgehead atoms. The first-order valence-electron chi connectivity index (χ1n) is 5.54. The van der Waals surface area contributed by atoms with Crippen LogP contribution in [0.2, 0.25) is 0 Å². The number of rotatable bonds is 2. The average Bonchev–Trinajstić information content (AvgIpc) is 2.46. The fraction of sp³-hybridized carbons (Fsp3) is 0.538. The summed E-state index contributed by atoms with van der Waals surface area (Å²) in [5.41, 5.74) is 7.31. The summed E-state index contributed by atoms with van der Waals surface area (Å²) in [7, 11) is 0. The van der Waals surface area contributed by atoms with E-state index in [1.807, 2.05) is 11.8 Å². The number of benzene rings is 1. The second-order valence-electron chi connectivity index (χ2n) is 4.93. The third kappa shape index (κ3) is 1.81. The van der Waals surface area contributed by atoms with E-state index in [0.29, 0.717) is 11.8 Å². The van der Waals surface area contributed by atoms with E-state index in [1.54, 1.807) is 0 Å². The summed E-state index contributed by atoms with van der Waals surface area (Å²) in [5.74, 6) is 1.14. The Morgan fingerprint density at radius 2 is 2.07 bits per heavy atom. The molecule has 1 heterocycles. The van der Waals surface area contributed by atoms with Gasteiger partial charge in [0.1, 0.15) is 0 Å². The summed E-state index contributed by atoms with van der Waals surface area (Å²) in [6.07, 6.45) is 0. The van der Waals surface area contributed by atoms with E-state index >= 15 is 0 Å². The summed E-state index contributed by atoms with van der Waals surface area (Å²) < 4.78 is 0.280. The van der Waals surface area contributed by atoms with Crippen molar-refractivity contribution in [3.8, 4) is 0 Å². The molecule has 1 aromatic carbocycles. The summed E-state index contributed by atoms with van der Waals surface area (Å²) in [5, 5.41) is 0. The lowest BCUT2D eigenvalue weighted by atomic mass is 9.79. The molecule has 0 aromatic heterocycles. The van der Waals surface area contributed by atoms with Crippen molar-refractivity contribution in [2.24, 2.45) is 11.7 Å². The maximum atomic E-state index is 5.82. The number of nitrogens with two attached hydrogens (primary N) is 1. The van der Waals surface area contributed by atoms with Gasteiger partial charge in [0.2, 0.25) is 0 Å². The smallest absolute Gasteiger partial charge is 0.0222 e. The fourth-order valence-corrected chi connectivity index (χ4v) is 4.19. The predicted octanol–water partition coefficient (Wildman–Crippen LogP) is 3.25. The zero-order chi connectivity index (χ0) is 11.1. The molecule has 0 radical (unpaired) electrons. The summed E-state index contributed by atoms with van der Waals surface area (Å²) >= 11 is 1.99. The SMILES string of the molecule is CC(CN)C1c2ccccc2SC1(C)C. The molecule has 1 nitrogen and oxygen atoms in total. The van der Waals surface area contributed by atoms with Crippen LogP contribution in [-0.4, -0.2) is 11.3 Å². The van der Waals surface area contributed by atoms with Crippen molar-refractivity contribution in [2.75, 3.05) is 6.54 Å². The van der Waals surface area contributed by atoms with E-state index in [9.17, 15) is 0 Å². The van der Waals surface area contributed by atoms with Gasteiger partial charge in [0.25, 0.3) is 0 Å². The highest BCUT2D eigenvalue weighted by molar-refractivity contribution is 8.01. The summed E-state index contributed by atoms with van der Waals surface area (Å²) in [6.45, 7) is 7.68. The lowest BCUT2D eigenvalue weighted by Gasteiger charge is -2.31. The monoisotopic (exact) mass is 221 g/mol. The Bertz CT molecular complexity index is 359. The van der Waals surface area contributed by atoms with Crippen LogP contribution in [0.1, 0.15) is 32.3 Å². The molecule has 2 unspecified atom stereocenters. The molecule has 2 heteroatoms. The van der Waals surface area contributed by atoms with Crippen LogP contribution in [0.5, 0.6) is 0 Å². The van der Waals surface area contributed by atoms with Gasteiger partial charge in [-0.3, -0.25) is 0 Å². The van der Waals surface area contributed by atoms with Crippen LogP contribution in [0.3, 0.4) is 0 Å². The number of thioether (sulfide) groups is 1. The molecule has 0 amide bonds. The third-order valence-electron chi connectivity index (χ3n) is 3.32. The van der Waals surface area contributed by atoms with Crippen LogP contribution in [-0.2, 0) is 0 Å². The molecule has 2 N–H and O–H groups in total. The molecule has 1 aromatic rings. The fourth-order valence-electron chi connectivity index (χ4n) is 2.68. The maximum Gasteiger partial charge on any atom is 0.0222 e. The highest BCUT2D eigenvalue weighted by Crippen LogP contribution is 2.55. The van der Waals surface area contributed by atoms with Crippen molar-refractivity contribution in [3.05, 3.63) is 29.8 Å². The lowest BCUT2D eigenvalue weighted by Crippen LogP contribution is -2.30. The Balaban J connectivity index is 2.43. The number of fused-ring (bicyclic) bond motifs is 1. The van der Waals surface area contributed by atoms with Gasteiger partial charge in [-0.2, -0.15) is 0 Å². The van der Waals surface area contributed by atoms with E-state index in [-0.39, 0.29) is 4.75 Å². The molecular weight excluding hydrogens is 202 g/mol. The van der Waals surface area contributed by atoms with Crippen molar-refractivity contribution in [2.45, 2.75) is 36.3 Å². The van der Waals surface area contributed by atoms with Crippen LogP contribution in [0, 0.1) is 5.92 Å². The van der Waals surface area contributed by atoms with E-state index in [1.165, 1.54) is 10.5 Å². The van der Waals surface area contributed by atoms with Crippen molar-refractivity contribution >= 4 is 11.8 Å². The second-order valence-corrected chi connectivity index (χ2v) is 6.63. The minimum absolute atomic E-state index is 0.280. The topological polar surface area (TPSA) is 26.0 Å². The molecule has 2 atom stereocenters. The van der Waals surface area contributed by atoms with Crippen LogP contribution in [0.4, 0.5) is 0 Å². The lowest BCUT2D eigenvalue weighted by molar-refractivity contribution is 0.405. The quantitative estimate of drug-likeness (QED) is 0.829. The largest absolute Gasteiger partial charge is 0.330 e. The molecule has 0 saturated carbocycles. The molecule has 0 fully saturated rings. The highest BCUT2D eigenvalue weighted by atomic mass is 32.2. The summed E-state index contributed by atoms with van der Waals surface area (Å²) in [4.78, 5) is 1.44. The van der Waals surface area contributed by atoms with Gasteiger partial charge in [-0.25, -0.2) is 0 Å². The van der Waals surface area contributed by atoms with Crippen molar-refractivity contribution in [1.29, 1.82) is 0 Å². The maximum absolute atomic E-state index is 5.82. The first kappa shape index (κ1) is 11.0. The zero-order valence-electron chi connectivity index (χ0n) is 9.66. The standard InChI is InChI=1S/C13H19NS/c1-9(8-14)12-10-6-4-5-7-11(10)15-13(12,2)3/h4-7,9,12H,8,14H2,1-3H3. The van der Waals surface area contributed by atoms with Crippen molar-refractivity contribution in [3.63, 3.8) is 0 Å². The van der Waals surface area contributed by atoms with Gasteiger partial charge in [0.05, 0.1) is 0 Å². The van der Waals surface area contributed by atoms with E-state index in [4.69, 9.17) is 5.73 Å². The molecule has 1 aliphatic heterocycles. The zero-order valence-corrected chi connectivity index (χ0v) is 10.5. The molecule has 0 aliphatic carbocycles. The Labute approximate surface area is 96.4 Å². The average molecular weight is 221 g/mol.